The van der Waals surface area contributed by atoms with Crippen LogP contribution in [-0.2, 0) is 126 Å². The predicted octanol–water partition coefficient (Wildman–Crippen LogP) is 28.1. The number of phosphoric acid groups is 1. The molecule has 2 aliphatic heterocycles. The maximum absolute atomic E-state index is 16.4. The summed E-state index contributed by atoms with van der Waals surface area (Å²) in [6, 6.07) is 66.0. The number of amides is 2. The Hall–Kier alpha value is -7.30. The average Bonchev–Trinajstić information content (AvgIpc) is 0.774. The standard InChI is InChI=1S/C115H169N2O17P/c1-5-9-13-17-21-25-26-27-31-35-39-64-82-123-114-108(116-105(118)83-101(124-86-95-67-49-41-50-68-95)79-61-36-32-28-22-18-14-10-6-2)112(126-88-97-71-53-43-54-72-97)110(125-87-96-69-51-42-52-70-96)104(133-114)93-128-115-109(117-106(119)84-102(80-62-37-33-29-23-19-15-11-7-3)131-107(120)81-63-38-34-30-24-20-16-12-8-4)113(127-89-98-73-55-44-56-74-98)111(103(132-115)92-122-85-94-65-47-40-48-66-94)134-135(121,129-90-99-75-57-45-58-76-99)130-91-100-77-59-46-60-78-100/h40-60,65-78,101-104,108-115H,5-39,61-64,79-93H2,1-4H3,(H,116,118)(H,117,119)/t101-,102-,103-,104-,108-,109-,110-,111-,112-,113-,114-,115-/m1/s1. The van der Waals surface area contributed by atoms with Crippen LogP contribution in [0.25, 0.3) is 0 Å². The van der Waals surface area contributed by atoms with Gasteiger partial charge >= 0.3 is 13.8 Å². The molecule has 12 atom stereocenters. The Labute approximate surface area is 812 Å². The molecule has 135 heavy (non-hydrogen) atoms. The first-order chi connectivity index (χ1) is 66.5. The zero-order valence-corrected chi connectivity index (χ0v) is 83.6. The summed E-state index contributed by atoms with van der Waals surface area (Å²) >= 11 is 0. The Kier molecular flexibility index (Phi) is 58.0. The topological polar surface area (TPSA) is 212 Å². The molecular formula is C115H169N2O17P. The molecule has 746 valence electrons. The Balaban J connectivity index is 1.12. The predicted molar refractivity (Wildman–Crippen MR) is 540 cm³/mol. The normalized spacial score (nSPS) is 18.9. The van der Waals surface area contributed by atoms with Crippen LogP contribution in [0.3, 0.4) is 0 Å². The number of hydrogen-bond donors (Lipinski definition) is 2. The first-order valence-corrected chi connectivity index (χ1v) is 54.2. The van der Waals surface area contributed by atoms with Gasteiger partial charge in [0.2, 0.25) is 11.8 Å². The summed E-state index contributed by atoms with van der Waals surface area (Å²) in [6.07, 6.45) is 34.5. The molecule has 0 saturated carbocycles. The minimum absolute atomic E-state index is 0.0359. The molecule has 0 spiro atoms. The van der Waals surface area contributed by atoms with E-state index < -0.39 is 87.2 Å². The molecule has 2 amide bonds. The maximum atomic E-state index is 16.4. The van der Waals surface area contributed by atoms with E-state index in [1.54, 1.807) is 0 Å². The number of phosphoric ester groups is 1. The fourth-order valence-electron chi connectivity index (χ4n) is 17.9. The summed E-state index contributed by atoms with van der Waals surface area (Å²) in [4.78, 5) is 46.0. The molecule has 7 aromatic carbocycles. The highest BCUT2D eigenvalue weighted by molar-refractivity contribution is 7.48. The second-order valence-corrected chi connectivity index (χ2v) is 39.1. The van der Waals surface area contributed by atoms with Gasteiger partial charge in [0.25, 0.3) is 0 Å². The van der Waals surface area contributed by atoms with Crippen molar-refractivity contribution in [2.24, 2.45) is 0 Å². The van der Waals surface area contributed by atoms with Crippen LogP contribution in [0.2, 0.25) is 0 Å². The molecule has 2 saturated heterocycles. The second kappa shape index (κ2) is 70.3. The van der Waals surface area contributed by atoms with Gasteiger partial charge in [-0.15, -0.1) is 0 Å². The molecule has 2 aliphatic rings. The van der Waals surface area contributed by atoms with Gasteiger partial charge < -0.3 is 58.0 Å². The van der Waals surface area contributed by atoms with Crippen molar-refractivity contribution in [3.05, 3.63) is 251 Å². The van der Waals surface area contributed by atoms with E-state index in [1.807, 2.05) is 200 Å². The molecule has 20 heteroatoms. The minimum Gasteiger partial charge on any atom is -0.462 e. The van der Waals surface area contributed by atoms with E-state index in [9.17, 15) is 4.79 Å². The third kappa shape index (κ3) is 47.0. The van der Waals surface area contributed by atoms with Gasteiger partial charge in [-0.25, -0.2) is 4.57 Å². The van der Waals surface area contributed by atoms with Crippen LogP contribution < -0.4 is 10.6 Å². The second-order valence-electron chi connectivity index (χ2n) is 37.4. The lowest BCUT2D eigenvalue weighted by Crippen LogP contribution is -2.68. The van der Waals surface area contributed by atoms with Gasteiger partial charge in [0.15, 0.2) is 12.6 Å². The smallest absolute Gasteiger partial charge is 0.462 e. The third-order valence-corrected chi connectivity index (χ3v) is 27.2. The van der Waals surface area contributed by atoms with Crippen molar-refractivity contribution >= 4 is 25.6 Å². The molecule has 2 N–H and O–H groups in total. The summed E-state index contributed by atoms with van der Waals surface area (Å²) in [5, 5.41) is 6.90. The van der Waals surface area contributed by atoms with E-state index in [1.165, 1.54) is 148 Å². The Morgan fingerprint density at radius 1 is 0.311 bits per heavy atom. The average molecular weight is 1880 g/mol. The lowest BCUT2D eigenvalue weighted by Gasteiger charge is -2.48. The zero-order valence-electron chi connectivity index (χ0n) is 82.7. The van der Waals surface area contributed by atoms with Crippen molar-refractivity contribution in [3.63, 3.8) is 0 Å². The van der Waals surface area contributed by atoms with E-state index in [2.05, 4.69) is 50.5 Å². The fraction of sp³-hybridized carbons (Fsp3) is 0.609. The number of esters is 1. The van der Waals surface area contributed by atoms with Gasteiger partial charge in [-0.2, -0.15) is 0 Å². The minimum atomic E-state index is -4.78. The van der Waals surface area contributed by atoms with Crippen LogP contribution in [0.4, 0.5) is 0 Å². The lowest BCUT2D eigenvalue weighted by molar-refractivity contribution is -0.315. The summed E-state index contributed by atoms with van der Waals surface area (Å²) in [5.74, 6) is -1.07. The van der Waals surface area contributed by atoms with Crippen molar-refractivity contribution in [1.29, 1.82) is 0 Å². The van der Waals surface area contributed by atoms with Gasteiger partial charge in [0.05, 0.1) is 78.4 Å². The summed E-state index contributed by atoms with van der Waals surface area (Å²) in [5.41, 5.74) is 5.88. The number of benzene rings is 7. The summed E-state index contributed by atoms with van der Waals surface area (Å²) < 4.78 is 108. The molecule has 9 rings (SSSR count). The monoisotopic (exact) mass is 1880 g/mol. The molecule has 2 fully saturated rings. The van der Waals surface area contributed by atoms with Crippen LogP contribution in [0.1, 0.15) is 349 Å². The molecule has 2 heterocycles. The van der Waals surface area contributed by atoms with Crippen molar-refractivity contribution in [2.75, 3.05) is 19.8 Å². The summed E-state index contributed by atoms with van der Waals surface area (Å²) in [7, 11) is -4.78. The number of carbonyl (C=O) groups is 3. The molecule has 0 bridgehead atoms. The number of nitrogens with one attached hydrogen (secondary N) is 2. The molecule has 0 aliphatic carbocycles. The molecule has 0 unspecified atom stereocenters. The van der Waals surface area contributed by atoms with E-state index in [4.69, 9.17) is 60.9 Å². The Bertz CT molecular complexity index is 4080. The number of carbonyl (C=O) groups excluding carboxylic acids is 3. The van der Waals surface area contributed by atoms with Gasteiger partial charge in [-0.05, 0) is 71.0 Å². The highest BCUT2D eigenvalue weighted by atomic mass is 31.2. The third-order valence-electron chi connectivity index (χ3n) is 25.8. The molecular weight excluding hydrogens is 1710 g/mol. The number of unbranched alkanes of at least 4 members (excludes halogenated alkanes) is 35. The fourth-order valence-corrected chi connectivity index (χ4v) is 19.3. The van der Waals surface area contributed by atoms with Crippen molar-refractivity contribution in [1.82, 2.24) is 10.6 Å². The van der Waals surface area contributed by atoms with Gasteiger partial charge in [0, 0.05) is 13.0 Å². The van der Waals surface area contributed by atoms with Crippen molar-refractivity contribution in [2.45, 2.75) is 430 Å². The highest BCUT2D eigenvalue weighted by Crippen LogP contribution is 2.54. The molecule has 0 radical (unpaired) electrons. The number of ether oxygens (including phenoxy) is 10. The largest absolute Gasteiger partial charge is 0.475 e. The summed E-state index contributed by atoms with van der Waals surface area (Å²) in [6.45, 7) is 9.15. The van der Waals surface area contributed by atoms with Gasteiger partial charge in [-0.1, -0.05) is 471 Å². The van der Waals surface area contributed by atoms with Crippen LogP contribution in [0.5, 0.6) is 0 Å². The van der Waals surface area contributed by atoms with Gasteiger partial charge in [-0.3, -0.25) is 28.0 Å². The SMILES string of the molecule is CCCCCCCCCCCCCCO[C@@H]1O[C@H](CO[C@@H]2O[C@H](COCc3ccccc3)[C@@H](OP(=O)(OCc3ccccc3)OCc3ccccc3)[C@H](OCc3ccccc3)[C@H]2NC(=O)C[C@@H](CCCCCCCCCCC)OC(=O)CCCCCCCCCCC)[C@@H](OCc2ccccc2)[C@H](OCc2ccccc2)[C@H]1NC(=O)C[C@@H](CCCCCCCCCCC)OCc1ccccc1. The van der Waals surface area contributed by atoms with Crippen molar-refractivity contribution in [3.8, 4) is 0 Å². The molecule has 0 aromatic heterocycles. The van der Waals surface area contributed by atoms with Crippen LogP contribution >= 0.6 is 7.82 Å². The first-order valence-electron chi connectivity index (χ1n) is 52.7. The Morgan fingerprint density at radius 3 is 1.01 bits per heavy atom. The number of rotatable bonds is 78. The van der Waals surface area contributed by atoms with E-state index in [-0.39, 0.29) is 84.0 Å². The van der Waals surface area contributed by atoms with Crippen LogP contribution in [-0.4, -0.2) is 111 Å². The highest BCUT2D eigenvalue weighted by Gasteiger charge is 2.54. The van der Waals surface area contributed by atoms with E-state index in [0.717, 1.165) is 124 Å². The Morgan fingerprint density at radius 2 is 0.615 bits per heavy atom. The van der Waals surface area contributed by atoms with Gasteiger partial charge in [0.1, 0.15) is 54.8 Å². The van der Waals surface area contributed by atoms with Crippen molar-refractivity contribution < 1.29 is 79.9 Å². The number of hydrogen-bond acceptors (Lipinski definition) is 17. The molecule has 19 nitrogen and oxygen atoms in total. The van der Waals surface area contributed by atoms with Crippen LogP contribution in [0, 0.1) is 0 Å². The quantitative estimate of drug-likeness (QED) is 0.0206. The first kappa shape index (κ1) is 111. The van der Waals surface area contributed by atoms with E-state index >= 15 is 14.2 Å². The zero-order chi connectivity index (χ0) is 94.7. The lowest BCUT2D eigenvalue weighted by atomic mass is 9.94. The molecule has 7 aromatic rings. The maximum Gasteiger partial charge on any atom is 0.475 e. The van der Waals surface area contributed by atoms with Crippen LogP contribution in [0.15, 0.2) is 212 Å². The van der Waals surface area contributed by atoms with E-state index in [0.29, 0.717) is 43.6 Å².